The molecule has 7 N–H and O–H groups in total. The number of aromatic nitrogens is 1. The van der Waals surface area contributed by atoms with E-state index in [1.807, 2.05) is 42.6 Å². The van der Waals surface area contributed by atoms with Crippen LogP contribution in [0.15, 0.2) is 78.3 Å². The lowest BCUT2D eigenvalue weighted by molar-refractivity contribution is -0.142. The fourth-order valence-corrected chi connectivity index (χ4v) is 9.28. The Morgan fingerprint density at radius 2 is 1.82 bits per heavy atom. The van der Waals surface area contributed by atoms with Crippen LogP contribution in [0.2, 0.25) is 0 Å². The summed E-state index contributed by atoms with van der Waals surface area (Å²) in [4.78, 5) is 31.7. The number of methoxy groups -OCH3 is 1. The van der Waals surface area contributed by atoms with E-state index < -0.39 is 41.5 Å². The second-order valence-corrected chi connectivity index (χ2v) is 16.5. The number of nitrogens with one attached hydrogen (secondary N) is 2. The number of phenols is 1. The van der Waals surface area contributed by atoms with Crippen LogP contribution in [0, 0.1) is 41.4 Å². The largest absolute Gasteiger partial charge is 0.504 e. The molecule has 0 amide bonds. The standard InChI is InChI=1S/C47H59N3O6/c1-5-9-38(42(52)25-36-22-35(27-50-36)28(2)3)34-20-30(18-29-16-17-49-45(48)21-29)19-32-12-14-37(31-10-7-6-8-11-31)39-26-43(53)44(56-4)24-33(39)13-15-41(51)47(55)46(54)40(32)23-34/h6-8,10-11,16,21-22,24,26-28,30,32,34,37-38,40,42,47,49-50,52-53,55H,5,9,13,15,17-20,23,25,48H2,1-4H3/t30-,32+,34+,37+,38-,40-,42+,47-/m0/s1. The van der Waals surface area contributed by atoms with Gasteiger partial charge in [0, 0.05) is 43.1 Å². The topological polar surface area (TPSA) is 158 Å². The normalized spacial score (nSPS) is 25.4. The van der Waals surface area contributed by atoms with Crippen molar-refractivity contribution in [2.45, 2.75) is 103 Å². The van der Waals surface area contributed by atoms with Crippen molar-refractivity contribution in [2.24, 2.45) is 35.3 Å². The molecule has 2 aliphatic carbocycles. The third-order valence-electron chi connectivity index (χ3n) is 12.3. The molecule has 2 heterocycles. The maximum atomic E-state index is 14.6. The van der Waals surface area contributed by atoms with Crippen LogP contribution in [0.1, 0.15) is 106 Å². The first-order chi connectivity index (χ1) is 26.9. The first kappa shape index (κ1) is 40.9. The van der Waals surface area contributed by atoms with E-state index in [-0.39, 0.29) is 42.1 Å². The number of nitrogens with two attached hydrogens (primary N) is 1. The van der Waals surface area contributed by atoms with E-state index in [0.717, 1.165) is 53.6 Å². The SMILES string of the molecule is CCC[C@@H]([C@@H]1C[C@@H](CC2=CCNC(N)=C2)C[C@H]2C#C[C@H](c3ccccc3)c3cc(O)c(OC)cc3CCC(=O)[C@H](O)C(=O)[C@H]2C1)[C@H](O)Cc1cc(C(C)C)c[nH]1. The fourth-order valence-electron chi connectivity index (χ4n) is 9.28. The van der Waals surface area contributed by atoms with Crippen molar-refractivity contribution in [2.75, 3.05) is 13.7 Å². The van der Waals surface area contributed by atoms with Gasteiger partial charge in [0.1, 0.15) is 0 Å². The highest BCUT2D eigenvalue weighted by atomic mass is 16.5. The number of aliphatic hydroxyl groups excluding tert-OH is 2. The van der Waals surface area contributed by atoms with Gasteiger partial charge in [0.25, 0.3) is 0 Å². The van der Waals surface area contributed by atoms with E-state index in [1.165, 1.54) is 12.7 Å². The number of benzene rings is 2. The van der Waals surface area contributed by atoms with E-state index >= 15 is 0 Å². The molecule has 1 aliphatic heterocycles. The summed E-state index contributed by atoms with van der Waals surface area (Å²) in [6, 6.07) is 15.4. The van der Waals surface area contributed by atoms with Crippen molar-refractivity contribution in [3.8, 4) is 23.3 Å². The minimum Gasteiger partial charge on any atom is -0.504 e. The molecule has 2 aromatic carbocycles. The number of Topliss-reactive ketones (excluding diaryl/α,β-unsaturated/α-hetero) is 2. The second kappa shape index (κ2) is 18.4. The van der Waals surface area contributed by atoms with Crippen LogP contribution in [-0.2, 0) is 22.4 Å². The van der Waals surface area contributed by atoms with Crippen LogP contribution in [0.3, 0.4) is 0 Å². The van der Waals surface area contributed by atoms with Gasteiger partial charge in [-0.2, -0.15) is 0 Å². The molecule has 9 heteroatoms. The third-order valence-corrected chi connectivity index (χ3v) is 12.3. The number of rotatable bonds is 11. The first-order valence-electron chi connectivity index (χ1n) is 20.4. The van der Waals surface area contributed by atoms with Crippen molar-refractivity contribution < 1.29 is 29.6 Å². The second-order valence-electron chi connectivity index (χ2n) is 16.5. The molecule has 1 fully saturated rings. The Bertz CT molecular complexity index is 1970. The van der Waals surface area contributed by atoms with Gasteiger partial charge in [-0.3, -0.25) is 9.59 Å². The van der Waals surface area contributed by atoms with E-state index in [2.05, 4.69) is 55.1 Å². The zero-order chi connectivity index (χ0) is 39.9. The number of ketones is 2. The van der Waals surface area contributed by atoms with Gasteiger partial charge in [-0.05, 0) is 114 Å². The summed E-state index contributed by atoms with van der Waals surface area (Å²) in [5.74, 6) is 5.63. The molecule has 1 saturated carbocycles. The number of allylic oxidation sites excluding steroid dienone is 2. The maximum Gasteiger partial charge on any atom is 0.173 e. The summed E-state index contributed by atoms with van der Waals surface area (Å²) < 4.78 is 5.45. The number of aromatic amines is 1. The van der Waals surface area contributed by atoms with Gasteiger partial charge in [-0.15, -0.1) is 0 Å². The number of hydrogen-bond acceptors (Lipinski definition) is 8. The zero-order valence-electron chi connectivity index (χ0n) is 33.3. The highest BCUT2D eigenvalue weighted by molar-refractivity contribution is 6.06. The predicted molar refractivity (Wildman–Crippen MR) is 219 cm³/mol. The number of carbonyl (C=O) groups excluding carboxylic acids is 2. The van der Waals surface area contributed by atoms with Gasteiger partial charge in [-0.1, -0.05) is 75.4 Å². The number of carbonyl (C=O) groups is 2. The molecule has 3 aliphatic rings. The molecule has 0 unspecified atom stereocenters. The Labute approximate surface area is 331 Å². The summed E-state index contributed by atoms with van der Waals surface area (Å²) in [5, 5.41) is 37.7. The molecular formula is C47H59N3O6. The van der Waals surface area contributed by atoms with Gasteiger partial charge >= 0.3 is 0 Å². The number of dihydropyridines is 1. The molecule has 298 valence electrons. The summed E-state index contributed by atoms with van der Waals surface area (Å²) in [6.07, 6.45) is 8.42. The van der Waals surface area contributed by atoms with E-state index in [0.29, 0.717) is 37.5 Å². The van der Waals surface area contributed by atoms with E-state index in [4.69, 9.17) is 10.5 Å². The lowest BCUT2D eigenvalue weighted by Crippen LogP contribution is -2.40. The summed E-state index contributed by atoms with van der Waals surface area (Å²) in [5.41, 5.74) is 12.0. The molecule has 56 heavy (non-hydrogen) atoms. The van der Waals surface area contributed by atoms with Crippen molar-refractivity contribution in [3.05, 3.63) is 106 Å². The lowest BCUT2D eigenvalue weighted by Gasteiger charge is -2.33. The molecule has 0 saturated heterocycles. The maximum absolute atomic E-state index is 14.6. The number of aryl methyl sites for hydroxylation is 1. The molecule has 3 aromatic rings. The monoisotopic (exact) mass is 761 g/mol. The van der Waals surface area contributed by atoms with Crippen molar-refractivity contribution in [1.82, 2.24) is 10.3 Å². The predicted octanol–water partition coefficient (Wildman–Crippen LogP) is 6.82. The van der Waals surface area contributed by atoms with E-state index in [9.17, 15) is 24.9 Å². The van der Waals surface area contributed by atoms with Gasteiger partial charge in [0.15, 0.2) is 29.2 Å². The molecule has 6 rings (SSSR count). The number of H-pyrrole nitrogens is 1. The van der Waals surface area contributed by atoms with Crippen LogP contribution in [0.5, 0.6) is 11.5 Å². The van der Waals surface area contributed by atoms with Crippen LogP contribution in [0.4, 0.5) is 0 Å². The Morgan fingerprint density at radius 3 is 2.52 bits per heavy atom. The Kier molecular flexibility index (Phi) is 13.5. The molecule has 9 nitrogen and oxygen atoms in total. The number of ether oxygens (including phenoxy) is 1. The van der Waals surface area contributed by atoms with Crippen LogP contribution in [-0.4, -0.2) is 57.7 Å². The van der Waals surface area contributed by atoms with Gasteiger partial charge in [0.05, 0.1) is 25.0 Å². The minimum absolute atomic E-state index is 0.0271. The highest BCUT2D eigenvalue weighted by Gasteiger charge is 2.43. The van der Waals surface area contributed by atoms with Crippen molar-refractivity contribution >= 4 is 11.6 Å². The lowest BCUT2D eigenvalue weighted by atomic mass is 9.73. The van der Waals surface area contributed by atoms with Crippen LogP contribution < -0.4 is 15.8 Å². The van der Waals surface area contributed by atoms with Gasteiger partial charge in [-0.25, -0.2) is 0 Å². The zero-order valence-corrected chi connectivity index (χ0v) is 33.3. The highest BCUT2D eigenvalue weighted by Crippen LogP contribution is 2.45. The number of hydrogen-bond donors (Lipinski definition) is 6. The Morgan fingerprint density at radius 1 is 1.04 bits per heavy atom. The summed E-state index contributed by atoms with van der Waals surface area (Å²) in [6.45, 7) is 7.05. The smallest absolute Gasteiger partial charge is 0.173 e. The average Bonchev–Trinajstić information content (AvgIpc) is 3.58. The van der Waals surface area contributed by atoms with Crippen LogP contribution in [0.25, 0.3) is 0 Å². The Balaban J connectivity index is 1.46. The summed E-state index contributed by atoms with van der Waals surface area (Å²) >= 11 is 0. The first-order valence-corrected chi connectivity index (χ1v) is 20.4. The van der Waals surface area contributed by atoms with E-state index in [1.54, 1.807) is 12.1 Å². The molecular weight excluding hydrogens is 703 g/mol. The molecule has 8 atom stereocenters. The quantitative estimate of drug-likeness (QED) is 0.0918. The van der Waals surface area contributed by atoms with Gasteiger partial charge < -0.3 is 36.1 Å². The van der Waals surface area contributed by atoms with Crippen molar-refractivity contribution in [1.29, 1.82) is 0 Å². The minimum atomic E-state index is -1.79. The molecule has 0 spiro atoms. The molecule has 1 aromatic heterocycles. The van der Waals surface area contributed by atoms with Crippen molar-refractivity contribution in [3.63, 3.8) is 0 Å². The fraction of sp³-hybridized carbons (Fsp3) is 0.489. The number of aromatic hydroxyl groups is 1. The van der Waals surface area contributed by atoms with Gasteiger partial charge in [0.2, 0.25) is 0 Å². The van der Waals surface area contributed by atoms with Crippen LogP contribution >= 0.6 is 0 Å². The summed E-state index contributed by atoms with van der Waals surface area (Å²) in [7, 11) is 1.48. The third kappa shape index (κ3) is 9.59. The Hall–Kier alpha value is -4.78. The average molecular weight is 762 g/mol. The number of fused-ring (bicyclic) bond motifs is 2. The molecule has 0 bridgehead atoms. The number of phenolic OH excluding ortho intramolecular Hbond substituents is 1. The molecule has 0 radical (unpaired) electrons. The number of aliphatic hydroxyl groups is 2.